The Kier molecular flexibility index (Phi) is 24.4. The fourth-order valence-electron chi connectivity index (χ4n) is 9.42. The summed E-state index contributed by atoms with van der Waals surface area (Å²) in [6, 6.07) is 50.7. The SMILES string of the molecule is NNC=O.Nc1ccc(C2CC2)c2ccccc12.O=CNNC(=S)Nc1ccc(C2CC2)c2ccccc12.O=CO[O-].S=C=Nc1ccc(C2CC2)c2ccccc12.S=c1[nH]ncn1-c1ccc(C2CC2)c2ccccc12.[2H]CF.[K+]. The summed E-state index contributed by atoms with van der Waals surface area (Å²) >= 11 is 15.1. The van der Waals surface area contributed by atoms with Crippen LogP contribution in [0, 0.1) is 4.77 Å². The molecule has 4 aliphatic rings. The molecule has 4 aliphatic carbocycles. The number of hydrogen-bond acceptors (Lipinski definition) is 12. The van der Waals surface area contributed by atoms with Crippen molar-refractivity contribution in [2.75, 3.05) is 18.2 Å². The molecule has 0 bridgehead atoms. The van der Waals surface area contributed by atoms with Crippen molar-refractivity contribution in [1.29, 1.82) is 0 Å². The van der Waals surface area contributed by atoms with Crippen LogP contribution in [-0.4, -0.2) is 51.5 Å². The molecule has 0 spiro atoms. The number of thiocarbonyl (C=S) groups is 2. The molecule has 8 aromatic carbocycles. The second kappa shape index (κ2) is 32.0. The van der Waals surface area contributed by atoms with Crippen molar-refractivity contribution in [1.82, 2.24) is 31.0 Å². The molecule has 0 unspecified atom stereocenters. The summed E-state index contributed by atoms with van der Waals surface area (Å²) in [6.45, 7) is -0.181. The fraction of sp³-hybridized carbons (Fsp3) is 0.217. The number of fused-ring (bicyclic) bond motifs is 4. The van der Waals surface area contributed by atoms with Crippen LogP contribution in [0.25, 0.3) is 48.8 Å². The standard InChI is InChI=1S/C15H15N3OS.C15H13N3S.C14H11NS.C13H13N.CH3F.CH4N2O.CH2O3.K/c19-9-16-18-15(20)17-14-8-7-11(10-5-6-10)12-3-1-2-4-13(12)14;19-15-17-16-9-18(15)14-8-7-11(10-5-6-10)12-3-1-2-4-13(12)14;16-9-15-14-8-7-11(10-5-6-10)12-3-1-2-4-13(12)14;14-13-8-7-10(9-5-6-9)11-3-1-2-4-12(11)13;1-2;2-3-1-4;2-1-4-3;/h1-4,7-10H,5-6H2,(H,16,19)(H2,17,18,20);1-4,7-10H,5-6H2,(H,17,19);1-4,7-8,10H,5-6H2;1-4,7-9H,5-6,14H2;1H3;1H,2H2,(H,3,4);1,3H;/q;;;;;;;+1/p-1/i;;;;1D;;;. The molecule has 2 amide bonds. The van der Waals surface area contributed by atoms with Crippen molar-refractivity contribution in [2.45, 2.75) is 75.0 Å². The van der Waals surface area contributed by atoms with Gasteiger partial charge >= 0.3 is 51.4 Å². The maximum Gasteiger partial charge on any atom is 1.00 e. The Balaban J connectivity index is 0.000000164. The van der Waals surface area contributed by atoms with Crippen molar-refractivity contribution < 1.29 is 81.7 Å². The molecule has 9 N–H and O–H groups in total. The third-order valence-electron chi connectivity index (χ3n) is 13.5. The minimum absolute atomic E-state index is 0. The van der Waals surface area contributed by atoms with E-state index in [1.807, 2.05) is 28.8 Å². The zero-order valence-corrected chi connectivity index (χ0v) is 49.6. The van der Waals surface area contributed by atoms with E-state index in [-0.39, 0.29) is 57.9 Å². The van der Waals surface area contributed by atoms with Gasteiger partial charge in [-0.3, -0.25) is 44.7 Å². The summed E-state index contributed by atoms with van der Waals surface area (Å²) in [5.74, 6) is 7.41. The van der Waals surface area contributed by atoms with E-state index < -0.39 is 7.15 Å². The van der Waals surface area contributed by atoms with Crippen LogP contribution >= 0.6 is 36.7 Å². The first-order valence-electron chi connectivity index (χ1n) is 26.1. The number of amides is 2. The van der Waals surface area contributed by atoms with E-state index in [9.17, 15) is 9.18 Å². The number of hydrazine groups is 2. The van der Waals surface area contributed by atoms with Gasteiger partial charge in [-0.15, -0.1) is 0 Å². The number of nitrogens with one attached hydrogen (secondary N) is 5. The number of H-pyrrole nitrogens is 1. The number of nitrogens with two attached hydrogens (primary N) is 2. The molecule has 15 nitrogen and oxygen atoms in total. The average molecular weight is 1160 g/mol. The third-order valence-corrected chi connectivity index (χ3v) is 14.0. The van der Waals surface area contributed by atoms with E-state index in [1.54, 1.807) is 11.8 Å². The van der Waals surface area contributed by atoms with Gasteiger partial charge in [0.1, 0.15) is 6.33 Å². The van der Waals surface area contributed by atoms with Gasteiger partial charge in [-0.25, -0.2) is 5.84 Å². The van der Waals surface area contributed by atoms with Gasteiger partial charge in [0.25, 0.3) is 6.47 Å². The quantitative estimate of drug-likeness (QED) is 0.00739. The van der Waals surface area contributed by atoms with Crippen molar-refractivity contribution in [2.24, 2.45) is 10.8 Å². The molecule has 80 heavy (non-hydrogen) atoms. The number of benzene rings is 8. The molecule has 0 atom stereocenters. The molecule has 4 fully saturated rings. The molecule has 1 aromatic heterocycles. The van der Waals surface area contributed by atoms with Crippen molar-refractivity contribution in [3.05, 3.63) is 179 Å². The Morgan fingerprint density at radius 3 is 1.56 bits per heavy atom. The first-order chi connectivity index (χ1) is 39.1. The van der Waals surface area contributed by atoms with Gasteiger partial charge in [-0.2, -0.15) is 10.1 Å². The van der Waals surface area contributed by atoms with Gasteiger partial charge in [0.15, 0.2) is 9.88 Å². The maximum atomic E-state index is 10.2. The number of anilines is 2. The predicted octanol–water partition coefficient (Wildman–Crippen LogP) is 9.01. The van der Waals surface area contributed by atoms with Gasteiger partial charge in [0, 0.05) is 32.9 Å². The molecule has 0 aliphatic heterocycles. The monoisotopic (exact) mass is 1160 g/mol. The van der Waals surface area contributed by atoms with Gasteiger partial charge < -0.3 is 21.2 Å². The summed E-state index contributed by atoms with van der Waals surface area (Å²) < 4.78 is 18.1. The third kappa shape index (κ3) is 16.9. The van der Waals surface area contributed by atoms with Crippen LogP contribution in [0.3, 0.4) is 0 Å². The number of halogens is 1. The van der Waals surface area contributed by atoms with E-state index in [1.165, 1.54) is 111 Å². The molecule has 20 heteroatoms. The second-order valence-corrected chi connectivity index (χ2v) is 19.6. The Labute approximate surface area is 522 Å². The number of aliphatic imine (C=N–C) groups is 1. The number of aromatic nitrogens is 3. The minimum Gasteiger partial charge on any atom is -0.662 e. The number of rotatable bonds is 11. The average Bonchev–Trinajstić information content (AvgIpc) is 4.31. The topological polar surface area (TPSA) is 230 Å². The Morgan fingerprint density at radius 2 is 1.11 bits per heavy atom. The number of hydrogen-bond donors (Lipinski definition) is 7. The zero-order valence-electron chi connectivity index (χ0n) is 45.0. The molecular formula is C60H60FKN10O5S3. The molecule has 406 valence electrons. The van der Waals surface area contributed by atoms with E-state index in [2.05, 4.69) is 181 Å². The molecule has 0 radical (unpaired) electrons. The largest absolute Gasteiger partial charge is 1.00 e. The van der Waals surface area contributed by atoms with Crippen LogP contribution in [0.4, 0.5) is 21.5 Å². The summed E-state index contributed by atoms with van der Waals surface area (Å²) in [5, 5.41) is 31.2. The van der Waals surface area contributed by atoms with Crippen molar-refractivity contribution in [3.8, 4) is 5.69 Å². The first-order valence-corrected chi connectivity index (χ1v) is 26.6. The normalized spacial score (nSPS) is 13.5. The summed E-state index contributed by atoms with van der Waals surface area (Å²) in [4.78, 5) is 34.5. The Hall–Kier alpha value is -6.65. The summed E-state index contributed by atoms with van der Waals surface area (Å²) in [5.41, 5.74) is 22.3. The van der Waals surface area contributed by atoms with E-state index in [0.29, 0.717) is 28.6 Å². The Bertz CT molecular complexity index is 3680. The molecule has 1 heterocycles. The number of alkyl halides is 1. The number of nitrogen functional groups attached to an aromatic ring is 1. The summed E-state index contributed by atoms with van der Waals surface area (Å²) in [7, 11) is -1.00. The van der Waals surface area contributed by atoms with Crippen LogP contribution < -0.4 is 89.8 Å². The van der Waals surface area contributed by atoms with Crippen LogP contribution in [0.5, 0.6) is 0 Å². The second-order valence-electron chi connectivity index (χ2n) is 18.6. The molecular weight excluding hydrogens is 1100 g/mol. The van der Waals surface area contributed by atoms with Gasteiger partial charge in [0.05, 0.1) is 25.1 Å². The number of nitrogens with zero attached hydrogens (tertiary/aromatic N) is 3. The number of carbonyl (C=O) groups is 3. The summed E-state index contributed by atoms with van der Waals surface area (Å²) in [6.07, 6.45) is 13.2. The number of isothiocyanates is 1. The minimum atomic E-state index is -1.00. The molecule has 4 saturated carbocycles. The van der Waals surface area contributed by atoms with Crippen LogP contribution in [0.1, 0.15) is 98.7 Å². The number of aromatic amines is 1. The Morgan fingerprint density at radius 1 is 0.700 bits per heavy atom. The van der Waals surface area contributed by atoms with Gasteiger partial charge in [-0.1, -0.05) is 121 Å². The van der Waals surface area contributed by atoms with Gasteiger partial charge in [-0.05, 0) is 180 Å². The predicted molar refractivity (Wildman–Crippen MR) is 321 cm³/mol. The van der Waals surface area contributed by atoms with Crippen LogP contribution in [0.2, 0.25) is 0 Å². The van der Waals surface area contributed by atoms with Crippen molar-refractivity contribution in [3.63, 3.8) is 0 Å². The first kappa shape index (κ1) is 61.0. The zero-order chi connectivity index (χ0) is 56.8. The van der Waals surface area contributed by atoms with Gasteiger partial charge in [0.2, 0.25) is 12.8 Å². The van der Waals surface area contributed by atoms with E-state index >= 15 is 0 Å². The molecule has 0 saturated heterocycles. The van der Waals surface area contributed by atoms with Crippen LogP contribution in [-0.2, 0) is 19.3 Å². The van der Waals surface area contributed by atoms with Crippen LogP contribution in [0.15, 0.2) is 157 Å². The smallest absolute Gasteiger partial charge is 0.662 e. The molecule has 9 aromatic rings. The van der Waals surface area contributed by atoms with E-state index in [4.69, 9.17) is 46.4 Å². The van der Waals surface area contributed by atoms with E-state index in [0.717, 1.165) is 45.9 Å². The fourth-order valence-corrected chi connectivity index (χ4v) is 9.88. The molecule has 13 rings (SSSR count). The van der Waals surface area contributed by atoms with Crippen molar-refractivity contribution >= 4 is 126 Å². The maximum absolute atomic E-state index is 10.2. The number of carbonyl (C=O) groups excluding carboxylic acids is 3.